The van der Waals surface area contributed by atoms with E-state index in [0.717, 1.165) is 12.8 Å². The van der Waals surface area contributed by atoms with Crippen LogP contribution in [0.15, 0.2) is 0 Å². The SMILES string of the molecule is CCCCCCCCCCC[C@@H]1CCCC1=O. The van der Waals surface area contributed by atoms with Crippen LogP contribution in [0.5, 0.6) is 0 Å². The zero-order valence-electron chi connectivity index (χ0n) is 11.7. The van der Waals surface area contributed by atoms with Gasteiger partial charge in [-0.2, -0.15) is 0 Å². The Labute approximate surface area is 107 Å². The number of carbonyl (C=O) groups is 1. The van der Waals surface area contributed by atoms with Crippen LogP contribution in [0.1, 0.15) is 90.4 Å². The van der Waals surface area contributed by atoms with E-state index in [1.54, 1.807) is 0 Å². The molecule has 0 aromatic rings. The molecule has 100 valence electrons. The van der Waals surface area contributed by atoms with E-state index in [4.69, 9.17) is 0 Å². The van der Waals surface area contributed by atoms with Crippen LogP contribution in [0.4, 0.5) is 0 Å². The average molecular weight is 238 g/mol. The lowest BCUT2D eigenvalue weighted by Crippen LogP contribution is -2.05. The monoisotopic (exact) mass is 238 g/mol. The normalized spacial score (nSPS) is 20.1. The van der Waals surface area contributed by atoms with Gasteiger partial charge in [-0.25, -0.2) is 0 Å². The molecule has 0 radical (unpaired) electrons. The molecule has 1 aliphatic carbocycles. The molecule has 1 nitrogen and oxygen atoms in total. The lowest BCUT2D eigenvalue weighted by atomic mass is 9.98. The minimum absolute atomic E-state index is 0.444. The summed E-state index contributed by atoms with van der Waals surface area (Å²) >= 11 is 0. The van der Waals surface area contributed by atoms with Gasteiger partial charge < -0.3 is 0 Å². The standard InChI is InChI=1S/C16H30O/c1-2-3-4-5-6-7-8-9-10-12-15-13-11-14-16(15)17/h15H,2-14H2,1H3/t15-/m1/s1. The highest BCUT2D eigenvalue weighted by Gasteiger charge is 2.23. The zero-order valence-corrected chi connectivity index (χ0v) is 11.7. The van der Waals surface area contributed by atoms with Crippen molar-refractivity contribution in [3.63, 3.8) is 0 Å². The Kier molecular flexibility index (Phi) is 8.38. The molecule has 0 unspecified atom stereocenters. The van der Waals surface area contributed by atoms with E-state index < -0.39 is 0 Å². The molecule has 0 aromatic heterocycles. The van der Waals surface area contributed by atoms with Crippen LogP contribution in [0.2, 0.25) is 0 Å². The second-order valence-corrected chi connectivity index (χ2v) is 5.67. The lowest BCUT2D eigenvalue weighted by Gasteiger charge is -2.07. The lowest BCUT2D eigenvalue weighted by molar-refractivity contribution is -0.120. The Hall–Kier alpha value is -0.330. The summed E-state index contributed by atoms with van der Waals surface area (Å²) in [7, 11) is 0. The van der Waals surface area contributed by atoms with Gasteiger partial charge in [0.15, 0.2) is 0 Å². The predicted octanol–water partition coefficient (Wildman–Crippen LogP) is 5.28. The molecule has 1 aliphatic rings. The van der Waals surface area contributed by atoms with Crippen molar-refractivity contribution in [3.8, 4) is 0 Å². The number of unbranched alkanes of at least 4 members (excludes halogenated alkanes) is 8. The fourth-order valence-electron chi connectivity index (χ4n) is 2.89. The quantitative estimate of drug-likeness (QED) is 0.473. The van der Waals surface area contributed by atoms with Crippen molar-refractivity contribution in [2.45, 2.75) is 90.4 Å². The summed E-state index contributed by atoms with van der Waals surface area (Å²) in [5.41, 5.74) is 0. The maximum atomic E-state index is 11.4. The van der Waals surface area contributed by atoms with E-state index in [1.807, 2.05) is 0 Å². The summed E-state index contributed by atoms with van der Waals surface area (Å²) in [5.74, 6) is 0.990. The minimum atomic E-state index is 0.444. The molecule has 0 spiro atoms. The third-order valence-corrected chi connectivity index (χ3v) is 4.09. The third-order valence-electron chi connectivity index (χ3n) is 4.09. The first-order chi connectivity index (χ1) is 8.34. The van der Waals surface area contributed by atoms with Gasteiger partial charge in [-0.05, 0) is 19.3 Å². The van der Waals surface area contributed by atoms with Gasteiger partial charge in [0, 0.05) is 12.3 Å². The second kappa shape index (κ2) is 9.67. The summed E-state index contributed by atoms with van der Waals surface area (Å²) in [6, 6.07) is 0. The van der Waals surface area contributed by atoms with Gasteiger partial charge in [-0.1, -0.05) is 64.7 Å². The first kappa shape index (κ1) is 14.7. The Balaban J connectivity index is 1.80. The first-order valence-corrected chi connectivity index (χ1v) is 7.87. The van der Waals surface area contributed by atoms with Crippen molar-refractivity contribution in [1.29, 1.82) is 0 Å². The maximum absolute atomic E-state index is 11.4. The van der Waals surface area contributed by atoms with Gasteiger partial charge in [0.1, 0.15) is 5.78 Å². The van der Waals surface area contributed by atoms with E-state index in [2.05, 4.69) is 6.92 Å². The molecule has 1 heteroatoms. The maximum Gasteiger partial charge on any atom is 0.135 e. The summed E-state index contributed by atoms with van der Waals surface area (Å²) in [6.07, 6.45) is 16.8. The Morgan fingerprint density at radius 1 is 0.941 bits per heavy atom. The van der Waals surface area contributed by atoms with Gasteiger partial charge in [0.2, 0.25) is 0 Å². The average Bonchev–Trinajstić information content (AvgIpc) is 2.73. The van der Waals surface area contributed by atoms with Crippen LogP contribution >= 0.6 is 0 Å². The number of Topliss-reactive ketones (excluding diaryl/α,β-unsaturated/α-hetero) is 1. The molecule has 0 aromatic carbocycles. The van der Waals surface area contributed by atoms with Gasteiger partial charge in [0.25, 0.3) is 0 Å². The van der Waals surface area contributed by atoms with E-state index in [-0.39, 0.29) is 0 Å². The molecule has 1 rings (SSSR count). The van der Waals surface area contributed by atoms with Crippen LogP contribution in [0.25, 0.3) is 0 Å². The number of hydrogen-bond donors (Lipinski definition) is 0. The largest absolute Gasteiger partial charge is 0.299 e. The molecule has 0 bridgehead atoms. The van der Waals surface area contributed by atoms with Gasteiger partial charge in [0.05, 0.1) is 0 Å². The van der Waals surface area contributed by atoms with Gasteiger partial charge in [-0.3, -0.25) is 4.79 Å². The van der Waals surface area contributed by atoms with E-state index in [0.29, 0.717) is 11.7 Å². The van der Waals surface area contributed by atoms with E-state index in [9.17, 15) is 4.79 Å². The van der Waals surface area contributed by atoms with Crippen molar-refractivity contribution < 1.29 is 4.79 Å². The van der Waals surface area contributed by atoms with Crippen molar-refractivity contribution in [3.05, 3.63) is 0 Å². The van der Waals surface area contributed by atoms with Crippen molar-refractivity contribution in [1.82, 2.24) is 0 Å². The van der Waals surface area contributed by atoms with E-state index in [1.165, 1.54) is 70.6 Å². The molecule has 0 amide bonds. The molecule has 1 atom stereocenters. The number of carbonyl (C=O) groups excluding carboxylic acids is 1. The van der Waals surface area contributed by atoms with Crippen LogP contribution < -0.4 is 0 Å². The van der Waals surface area contributed by atoms with Gasteiger partial charge in [-0.15, -0.1) is 0 Å². The zero-order chi connectivity index (χ0) is 12.3. The molecule has 17 heavy (non-hydrogen) atoms. The van der Waals surface area contributed by atoms with Crippen molar-refractivity contribution >= 4 is 5.78 Å². The highest BCUT2D eigenvalue weighted by molar-refractivity contribution is 5.82. The van der Waals surface area contributed by atoms with Crippen molar-refractivity contribution in [2.75, 3.05) is 0 Å². The Morgan fingerprint density at radius 3 is 2.06 bits per heavy atom. The molecule has 1 fully saturated rings. The van der Waals surface area contributed by atoms with Crippen LogP contribution in [-0.2, 0) is 4.79 Å². The summed E-state index contributed by atoms with van der Waals surface area (Å²) in [6.45, 7) is 2.27. The highest BCUT2D eigenvalue weighted by atomic mass is 16.1. The molecule has 0 aliphatic heterocycles. The molecule has 0 heterocycles. The molecular weight excluding hydrogens is 208 g/mol. The van der Waals surface area contributed by atoms with Crippen LogP contribution in [-0.4, -0.2) is 5.78 Å². The predicted molar refractivity (Wildman–Crippen MR) is 74.2 cm³/mol. The minimum Gasteiger partial charge on any atom is -0.299 e. The molecular formula is C16H30O. The summed E-state index contributed by atoms with van der Waals surface area (Å²) in [4.78, 5) is 11.4. The Morgan fingerprint density at radius 2 is 1.53 bits per heavy atom. The number of hydrogen-bond acceptors (Lipinski definition) is 1. The molecule has 0 N–H and O–H groups in total. The summed E-state index contributed by atoms with van der Waals surface area (Å²) in [5, 5.41) is 0. The smallest absolute Gasteiger partial charge is 0.135 e. The fraction of sp³-hybridized carbons (Fsp3) is 0.938. The van der Waals surface area contributed by atoms with Crippen molar-refractivity contribution in [2.24, 2.45) is 5.92 Å². The number of ketones is 1. The molecule has 0 saturated heterocycles. The van der Waals surface area contributed by atoms with Crippen LogP contribution in [0, 0.1) is 5.92 Å². The van der Waals surface area contributed by atoms with Gasteiger partial charge >= 0.3 is 0 Å². The Bertz CT molecular complexity index is 198. The third kappa shape index (κ3) is 6.85. The highest BCUT2D eigenvalue weighted by Crippen LogP contribution is 2.26. The van der Waals surface area contributed by atoms with E-state index >= 15 is 0 Å². The topological polar surface area (TPSA) is 17.1 Å². The first-order valence-electron chi connectivity index (χ1n) is 7.87. The van der Waals surface area contributed by atoms with Crippen LogP contribution in [0.3, 0.4) is 0 Å². The fourth-order valence-corrected chi connectivity index (χ4v) is 2.89. The molecule has 1 saturated carbocycles. The second-order valence-electron chi connectivity index (χ2n) is 5.67. The summed E-state index contributed by atoms with van der Waals surface area (Å²) < 4.78 is 0. The number of rotatable bonds is 10.